The molecule has 0 aliphatic rings. The van der Waals surface area contributed by atoms with Gasteiger partial charge in [0.1, 0.15) is 5.75 Å². The zero-order valence-electron chi connectivity index (χ0n) is 13.4. The fraction of sp³-hybridized carbons (Fsp3) is 0.588. The Morgan fingerprint density at radius 2 is 2.00 bits per heavy atom. The highest BCUT2D eigenvalue weighted by molar-refractivity contribution is 5.68. The van der Waals surface area contributed by atoms with Gasteiger partial charge in [-0.25, -0.2) is 0 Å². The monoisotopic (exact) mass is 293 g/mol. The van der Waals surface area contributed by atoms with Gasteiger partial charge in [-0.2, -0.15) is 0 Å². The summed E-state index contributed by atoms with van der Waals surface area (Å²) in [5.41, 5.74) is 2.15. The highest BCUT2D eigenvalue weighted by atomic mass is 16.5. The van der Waals surface area contributed by atoms with Crippen LogP contribution in [0.1, 0.15) is 44.6 Å². The standard InChI is InChI=1S/C17H27NO3/c1-4-5-6-7-11-18(12-10-17(19)20)15-13-14(2)8-9-16(15)21-3/h8-9,13H,4-7,10-12H2,1-3H3,(H,19,20). The Labute approximate surface area is 127 Å². The third-order valence-corrected chi connectivity index (χ3v) is 3.55. The van der Waals surface area contributed by atoms with Gasteiger partial charge in [0.15, 0.2) is 0 Å². The van der Waals surface area contributed by atoms with Gasteiger partial charge in [0.25, 0.3) is 0 Å². The fourth-order valence-electron chi connectivity index (χ4n) is 2.36. The number of aryl methyl sites for hydroxylation is 1. The van der Waals surface area contributed by atoms with E-state index >= 15 is 0 Å². The molecule has 1 aromatic rings. The molecule has 1 aromatic carbocycles. The summed E-state index contributed by atoms with van der Waals surface area (Å²) in [6.45, 7) is 5.61. The van der Waals surface area contributed by atoms with E-state index in [1.807, 2.05) is 19.1 Å². The molecule has 0 atom stereocenters. The van der Waals surface area contributed by atoms with Gasteiger partial charge in [0, 0.05) is 13.1 Å². The van der Waals surface area contributed by atoms with Gasteiger partial charge in [-0.3, -0.25) is 4.79 Å². The van der Waals surface area contributed by atoms with E-state index in [-0.39, 0.29) is 6.42 Å². The molecule has 0 aliphatic carbocycles. The molecule has 0 bridgehead atoms. The number of rotatable bonds is 10. The lowest BCUT2D eigenvalue weighted by atomic mass is 10.1. The number of methoxy groups -OCH3 is 1. The molecule has 0 fully saturated rings. The Balaban J connectivity index is 2.82. The number of hydrogen-bond donors (Lipinski definition) is 1. The number of carboxylic acids is 1. The van der Waals surface area contributed by atoms with Crippen molar-refractivity contribution in [2.45, 2.75) is 46.0 Å². The van der Waals surface area contributed by atoms with Gasteiger partial charge in [0.05, 0.1) is 19.2 Å². The van der Waals surface area contributed by atoms with Crippen molar-refractivity contribution < 1.29 is 14.6 Å². The normalized spacial score (nSPS) is 10.4. The van der Waals surface area contributed by atoms with E-state index in [1.54, 1.807) is 7.11 Å². The van der Waals surface area contributed by atoms with Crippen LogP contribution in [0.2, 0.25) is 0 Å². The molecular weight excluding hydrogens is 266 g/mol. The summed E-state index contributed by atoms with van der Waals surface area (Å²) in [6.07, 6.45) is 4.81. The molecular formula is C17H27NO3. The van der Waals surface area contributed by atoms with Crippen molar-refractivity contribution in [3.8, 4) is 5.75 Å². The van der Waals surface area contributed by atoms with Crippen molar-refractivity contribution in [3.63, 3.8) is 0 Å². The van der Waals surface area contributed by atoms with E-state index in [1.165, 1.54) is 19.3 Å². The van der Waals surface area contributed by atoms with Crippen LogP contribution in [-0.2, 0) is 4.79 Å². The smallest absolute Gasteiger partial charge is 0.305 e. The number of benzene rings is 1. The maximum absolute atomic E-state index is 10.9. The molecule has 1 N–H and O–H groups in total. The van der Waals surface area contributed by atoms with Crippen LogP contribution in [-0.4, -0.2) is 31.3 Å². The Morgan fingerprint density at radius 1 is 1.24 bits per heavy atom. The van der Waals surface area contributed by atoms with E-state index in [9.17, 15) is 4.79 Å². The molecule has 4 nitrogen and oxygen atoms in total. The molecule has 0 saturated heterocycles. The van der Waals surface area contributed by atoms with Crippen LogP contribution in [0.25, 0.3) is 0 Å². The Kier molecular flexibility index (Phi) is 7.65. The summed E-state index contributed by atoms with van der Waals surface area (Å²) in [7, 11) is 1.65. The van der Waals surface area contributed by atoms with Gasteiger partial charge >= 0.3 is 5.97 Å². The second kappa shape index (κ2) is 9.27. The molecule has 4 heteroatoms. The van der Waals surface area contributed by atoms with Crippen molar-refractivity contribution in [2.75, 3.05) is 25.1 Å². The van der Waals surface area contributed by atoms with Crippen LogP contribution in [0.5, 0.6) is 5.75 Å². The highest BCUT2D eigenvalue weighted by Crippen LogP contribution is 2.29. The van der Waals surface area contributed by atoms with Crippen molar-refractivity contribution in [3.05, 3.63) is 23.8 Å². The zero-order chi connectivity index (χ0) is 15.7. The fourth-order valence-corrected chi connectivity index (χ4v) is 2.36. The molecule has 118 valence electrons. The van der Waals surface area contributed by atoms with Gasteiger partial charge in [0.2, 0.25) is 0 Å². The molecule has 0 aromatic heterocycles. The van der Waals surface area contributed by atoms with E-state index < -0.39 is 5.97 Å². The van der Waals surface area contributed by atoms with Crippen molar-refractivity contribution in [1.82, 2.24) is 0 Å². The minimum atomic E-state index is -0.764. The average molecular weight is 293 g/mol. The SMILES string of the molecule is CCCCCCN(CCC(=O)O)c1cc(C)ccc1OC. The first-order chi connectivity index (χ1) is 10.1. The zero-order valence-corrected chi connectivity index (χ0v) is 13.4. The van der Waals surface area contributed by atoms with E-state index in [4.69, 9.17) is 9.84 Å². The number of nitrogens with zero attached hydrogens (tertiary/aromatic N) is 1. The third-order valence-electron chi connectivity index (χ3n) is 3.55. The number of carboxylic acid groups (broad SMARTS) is 1. The van der Waals surface area contributed by atoms with Crippen LogP contribution < -0.4 is 9.64 Å². The van der Waals surface area contributed by atoms with E-state index in [2.05, 4.69) is 17.9 Å². The number of carbonyl (C=O) groups is 1. The first-order valence-electron chi connectivity index (χ1n) is 7.69. The topological polar surface area (TPSA) is 49.8 Å². The van der Waals surface area contributed by atoms with Crippen LogP contribution in [0.4, 0.5) is 5.69 Å². The lowest BCUT2D eigenvalue weighted by molar-refractivity contribution is -0.136. The van der Waals surface area contributed by atoms with Crippen molar-refractivity contribution >= 4 is 11.7 Å². The van der Waals surface area contributed by atoms with Crippen LogP contribution >= 0.6 is 0 Å². The van der Waals surface area contributed by atoms with Gasteiger partial charge < -0.3 is 14.7 Å². The third kappa shape index (κ3) is 6.06. The second-order valence-corrected chi connectivity index (χ2v) is 5.37. The van der Waals surface area contributed by atoms with Crippen molar-refractivity contribution in [2.24, 2.45) is 0 Å². The summed E-state index contributed by atoms with van der Waals surface area (Å²) < 4.78 is 5.43. The molecule has 0 radical (unpaired) electrons. The molecule has 21 heavy (non-hydrogen) atoms. The predicted octanol–water partition coefficient (Wildman–Crippen LogP) is 3.87. The first-order valence-corrected chi connectivity index (χ1v) is 7.69. The van der Waals surface area contributed by atoms with Crippen LogP contribution in [0.3, 0.4) is 0 Å². The average Bonchev–Trinajstić information content (AvgIpc) is 2.46. The number of ether oxygens (including phenoxy) is 1. The quantitative estimate of drug-likeness (QED) is 0.665. The minimum Gasteiger partial charge on any atom is -0.495 e. The molecule has 0 unspecified atom stereocenters. The molecule has 0 spiro atoms. The van der Waals surface area contributed by atoms with Gasteiger partial charge in [-0.05, 0) is 31.0 Å². The predicted molar refractivity (Wildman–Crippen MR) is 86.3 cm³/mol. The molecule has 1 rings (SSSR count). The summed E-state index contributed by atoms with van der Waals surface area (Å²) in [5.74, 6) is 0.0432. The van der Waals surface area contributed by atoms with Crippen LogP contribution in [0.15, 0.2) is 18.2 Å². The molecule has 0 saturated carbocycles. The van der Waals surface area contributed by atoms with E-state index in [0.29, 0.717) is 6.54 Å². The van der Waals surface area contributed by atoms with Gasteiger partial charge in [-0.15, -0.1) is 0 Å². The van der Waals surface area contributed by atoms with Crippen LogP contribution in [0, 0.1) is 6.92 Å². The maximum Gasteiger partial charge on any atom is 0.305 e. The highest BCUT2D eigenvalue weighted by Gasteiger charge is 2.13. The second-order valence-electron chi connectivity index (χ2n) is 5.37. The molecule has 0 aliphatic heterocycles. The summed E-state index contributed by atoms with van der Waals surface area (Å²) in [5, 5.41) is 8.94. The molecule has 0 heterocycles. The summed E-state index contributed by atoms with van der Waals surface area (Å²) in [6, 6.07) is 6.03. The number of anilines is 1. The minimum absolute atomic E-state index is 0.144. The Morgan fingerprint density at radius 3 is 2.62 bits per heavy atom. The summed E-state index contributed by atoms with van der Waals surface area (Å²) in [4.78, 5) is 13.0. The number of aliphatic carboxylic acids is 1. The largest absolute Gasteiger partial charge is 0.495 e. The Hall–Kier alpha value is -1.71. The lowest BCUT2D eigenvalue weighted by Crippen LogP contribution is -2.27. The molecule has 0 amide bonds. The number of hydrogen-bond acceptors (Lipinski definition) is 3. The van der Waals surface area contributed by atoms with Crippen molar-refractivity contribution in [1.29, 1.82) is 0 Å². The lowest BCUT2D eigenvalue weighted by Gasteiger charge is -2.26. The summed E-state index contributed by atoms with van der Waals surface area (Å²) >= 11 is 0. The Bertz CT molecular complexity index is 446. The maximum atomic E-state index is 10.9. The number of unbranched alkanes of at least 4 members (excludes halogenated alkanes) is 3. The van der Waals surface area contributed by atoms with E-state index in [0.717, 1.165) is 30.0 Å². The first kappa shape index (κ1) is 17.3. The van der Waals surface area contributed by atoms with Gasteiger partial charge in [-0.1, -0.05) is 32.3 Å².